The number of likely N-dealkylation sites (tertiary alicyclic amines) is 1. The highest BCUT2D eigenvalue weighted by atomic mass is 16.5. The fourth-order valence-electron chi connectivity index (χ4n) is 3.11. The lowest BCUT2D eigenvalue weighted by Crippen LogP contribution is -2.49. The number of ether oxygens (including phenoxy) is 1. The van der Waals surface area contributed by atoms with Gasteiger partial charge in [0.15, 0.2) is 0 Å². The molecule has 2 fully saturated rings. The smallest absolute Gasteiger partial charge is 0.0658 e. The summed E-state index contributed by atoms with van der Waals surface area (Å²) in [6.45, 7) is 6.58. The van der Waals surface area contributed by atoms with Crippen molar-refractivity contribution in [1.29, 1.82) is 0 Å². The summed E-state index contributed by atoms with van der Waals surface area (Å²) in [7, 11) is 2.25. The summed E-state index contributed by atoms with van der Waals surface area (Å²) >= 11 is 0. The molecule has 0 radical (unpaired) electrons. The zero-order chi connectivity index (χ0) is 9.42. The lowest BCUT2D eigenvalue weighted by Gasteiger charge is -2.41. The Morgan fingerprint density at radius 2 is 2.15 bits per heavy atom. The van der Waals surface area contributed by atoms with Crippen LogP contribution in [0.2, 0.25) is 0 Å². The van der Waals surface area contributed by atoms with Crippen molar-refractivity contribution in [2.45, 2.75) is 38.8 Å². The number of hydrogen-bond donors (Lipinski definition) is 0. The van der Waals surface area contributed by atoms with E-state index in [2.05, 4.69) is 25.8 Å². The summed E-state index contributed by atoms with van der Waals surface area (Å²) < 4.78 is 5.86. The van der Waals surface area contributed by atoms with Crippen molar-refractivity contribution in [3.63, 3.8) is 0 Å². The quantitative estimate of drug-likeness (QED) is 0.646. The van der Waals surface area contributed by atoms with Crippen LogP contribution < -0.4 is 0 Å². The second-order valence-corrected chi connectivity index (χ2v) is 4.60. The molecule has 1 aliphatic heterocycles. The summed E-state index contributed by atoms with van der Waals surface area (Å²) in [4.78, 5) is 2.50. The summed E-state index contributed by atoms with van der Waals surface area (Å²) in [5.74, 6) is 1.61. The number of fused-ring (bicyclic) bond motifs is 2. The van der Waals surface area contributed by atoms with Crippen molar-refractivity contribution >= 4 is 0 Å². The molecular formula is C11H21NO. The van der Waals surface area contributed by atoms with Gasteiger partial charge in [0.25, 0.3) is 0 Å². The van der Waals surface area contributed by atoms with Gasteiger partial charge in [-0.1, -0.05) is 0 Å². The third kappa shape index (κ3) is 1.50. The monoisotopic (exact) mass is 183 g/mol. The molecule has 13 heavy (non-hydrogen) atoms. The Bertz CT molecular complexity index is 181. The lowest BCUT2D eigenvalue weighted by molar-refractivity contribution is -0.0527. The zero-order valence-electron chi connectivity index (χ0n) is 8.99. The molecule has 2 heteroatoms. The maximum absolute atomic E-state index is 5.86. The Morgan fingerprint density at radius 1 is 1.38 bits per heavy atom. The minimum atomic E-state index is 0.566. The van der Waals surface area contributed by atoms with Crippen LogP contribution in [0.15, 0.2) is 0 Å². The van der Waals surface area contributed by atoms with Crippen LogP contribution in [0.1, 0.15) is 26.7 Å². The van der Waals surface area contributed by atoms with E-state index in [-0.39, 0.29) is 0 Å². The zero-order valence-corrected chi connectivity index (χ0v) is 8.99. The molecule has 0 aromatic heterocycles. The first kappa shape index (κ1) is 9.47. The molecule has 1 saturated carbocycles. The fourth-order valence-corrected chi connectivity index (χ4v) is 3.11. The lowest BCUT2D eigenvalue weighted by atomic mass is 9.89. The Labute approximate surface area is 81.3 Å². The third-order valence-corrected chi connectivity index (χ3v) is 3.95. The van der Waals surface area contributed by atoms with E-state index in [9.17, 15) is 0 Å². The molecule has 4 atom stereocenters. The SMILES string of the molecule is CCOC1C2CCC1C(C)N(C)C2. The Balaban J connectivity index is 2.07. The van der Waals surface area contributed by atoms with Crippen LogP contribution in [0, 0.1) is 11.8 Å². The maximum atomic E-state index is 5.86. The van der Waals surface area contributed by atoms with Gasteiger partial charge in [0.05, 0.1) is 6.10 Å². The van der Waals surface area contributed by atoms with Crippen LogP contribution in [-0.2, 0) is 4.74 Å². The average molecular weight is 183 g/mol. The van der Waals surface area contributed by atoms with Gasteiger partial charge < -0.3 is 9.64 Å². The van der Waals surface area contributed by atoms with Crippen molar-refractivity contribution < 1.29 is 4.74 Å². The molecule has 1 saturated heterocycles. The molecule has 2 bridgehead atoms. The normalized spacial score (nSPS) is 45.5. The summed E-state index contributed by atoms with van der Waals surface area (Å²) in [6.07, 6.45) is 3.32. The van der Waals surface area contributed by atoms with Crippen molar-refractivity contribution in [3.8, 4) is 0 Å². The molecule has 0 aromatic rings. The highest BCUT2D eigenvalue weighted by Gasteiger charge is 2.45. The highest BCUT2D eigenvalue weighted by Crippen LogP contribution is 2.41. The highest BCUT2D eigenvalue weighted by molar-refractivity contribution is 4.97. The van der Waals surface area contributed by atoms with Crippen molar-refractivity contribution in [2.75, 3.05) is 20.2 Å². The number of hydrogen-bond acceptors (Lipinski definition) is 2. The molecule has 2 rings (SSSR count). The van der Waals surface area contributed by atoms with Gasteiger partial charge in [0.1, 0.15) is 0 Å². The third-order valence-electron chi connectivity index (χ3n) is 3.95. The molecule has 0 amide bonds. The molecule has 1 aliphatic carbocycles. The topological polar surface area (TPSA) is 12.5 Å². The van der Waals surface area contributed by atoms with Gasteiger partial charge in [0.2, 0.25) is 0 Å². The molecule has 4 unspecified atom stereocenters. The van der Waals surface area contributed by atoms with Gasteiger partial charge in [-0.15, -0.1) is 0 Å². The summed E-state index contributed by atoms with van der Waals surface area (Å²) in [5.41, 5.74) is 0. The van der Waals surface area contributed by atoms with Gasteiger partial charge >= 0.3 is 0 Å². The number of piperidine rings is 1. The van der Waals surface area contributed by atoms with Crippen LogP contribution in [0.3, 0.4) is 0 Å². The molecule has 2 nitrogen and oxygen atoms in total. The first-order valence-electron chi connectivity index (χ1n) is 5.56. The van der Waals surface area contributed by atoms with E-state index in [1.807, 2.05) is 0 Å². The van der Waals surface area contributed by atoms with E-state index in [0.29, 0.717) is 6.10 Å². The second-order valence-electron chi connectivity index (χ2n) is 4.60. The maximum Gasteiger partial charge on any atom is 0.0658 e. The minimum Gasteiger partial charge on any atom is -0.378 e. The van der Waals surface area contributed by atoms with E-state index in [4.69, 9.17) is 4.74 Å². The second kappa shape index (κ2) is 3.58. The van der Waals surface area contributed by atoms with Gasteiger partial charge in [-0.2, -0.15) is 0 Å². The largest absolute Gasteiger partial charge is 0.378 e. The van der Waals surface area contributed by atoms with Crippen LogP contribution >= 0.6 is 0 Å². The Hall–Kier alpha value is -0.0800. The van der Waals surface area contributed by atoms with Gasteiger partial charge in [-0.05, 0) is 39.7 Å². The van der Waals surface area contributed by atoms with Crippen LogP contribution in [0.25, 0.3) is 0 Å². The van der Waals surface area contributed by atoms with E-state index in [1.54, 1.807) is 0 Å². The molecular weight excluding hydrogens is 162 g/mol. The minimum absolute atomic E-state index is 0.566. The van der Waals surface area contributed by atoms with Crippen LogP contribution in [-0.4, -0.2) is 37.2 Å². The van der Waals surface area contributed by atoms with Gasteiger partial charge in [-0.3, -0.25) is 0 Å². The standard InChI is InChI=1S/C11H21NO/c1-4-13-11-9-5-6-10(11)8(2)12(3)7-9/h8-11H,4-7H2,1-3H3. The van der Waals surface area contributed by atoms with E-state index < -0.39 is 0 Å². The first-order valence-corrected chi connectivity index (χ1v) is 5.56. The van der Waals surface area contributed by atoms with Gasteiger partial charge in [0, 0.05) is 25.1 Å². The van der Waals surface area contributed by atoms with Crippen LogP contribution in [0.4, 0.5) is 0 Å². The molecule has 0 spiro atoms. The molecule has 0 N–H and O–H groups in total. The van der Waals surface area contributed by atoms with Gasteiger partial charge in [-0.25, -0.2) is 0 Å². The Kier molecular flexibility index (Phi) is 2.61. The predicted octanol–water partition coefficient (Wildman–Crippen LogP) is 1.75. The number of rotatable bonds is 2. The molecule has 1 heterocycles. The Morgan fingerprint density at radius 3 is 2.85 bits per heavy atom. The first-order chi connectivity index (χ1) is 6.24. The van der Waals surface area contributed by atoms with E-state index >= 15 is 0 Å². The van der Waals surface area contributed by atoms with Crippen molar-refractivity contribution in [1.82, 2.24) is 4.90 Å². The summed E-state index contributed by atoms with van der Waals surface area (Å²) in [6, 6.07) is 0.718. The van der Waals surface area contributed by atoms with Crippen molar-refractivity contribution in [2.24, 2.45) is 11.8 Å². The van der Waals surface area contributed by atoms with Crippen molar-refractivity contribution in [3.05, 3.63) is 0 Å². The van der Waals surface area contributed by atoms with E-state index in [1.165, 1.54) is 19.4 Å². The fraction of sp³-hybridized carbons (Fsp3) is 1.00. The molecule has 2 aliphatic rings. The molecule has 0 aromatic carbocycles. The molecule has 76 valence electrons. The van der Waals surface area contributed by atoms with E-state index in [0.717, 1.165) is 24.5 Å². The summed E-state index contributed by atoms with van der Waals surface area (Å²) in [5, 5.41) is 0. The predicted molar refractivity (Wildman–Crippen MR) is 53.7 cm³/mol. The number of nitrogens with zero attached hydrogens (tertiary/aromatic N) is 1. The van der Waals surface area contributed by atoms with Crippen LogP contribution in [0.5, 0.6) is 0 Å². The average Bonchev–Trinajstić information content (AvgIpc) is 2.41.